The first kappa shape index (κ1) is 11.8. The summed E-state index contributed by atoms with van der Waals surface area (Å²) in [4.78, 5) is 12.2. The number of rotatable bonds is 2. The van der Waals surface area contributed by atoms with Crippen molar-refractivity contribution in [1.82, 2.24) is 0 Å². The Hall–Kier alpha value is -1.67. The predicted octanol–water partition coefficient (Wildman–Crippen LogP) is 4.02. The van der Waals surface area contributed by atoms with Crippen LogP contribution in [0.1, 0.15) is 21.5 Å². The number of ketones is 1. The molecule has 2 aromatic rings. The van der Waals surface area contributed by atoms with Crippen LogP contribution in [-0.2, 0) is 0 Å². The highest BCUT2D eigenvalue weighted by Crippen LogP contribution is 2.22. The third kappa shape index (κ3) is 2.37. The monoisotopic (exact) mass is 248 g/mol. The zero-order chi connectivity index (χ0) is 12.4. The van der Waals surface area contributed by atoms with Crippen LogP contribution in [0.25, 0.3) is 0 Å². The lowest BCUT2D eigenvalue weighted by atomic mass is 9.99. The van der Waals surface area contributed by atoms with Crippen LogP contribution in [0.5, 0.6) is 0 Å². The highest BCUT2D eigenvalue weighted by atomic mass is 35.5. The minimum atomic E-state index is -0.448. The Bertz CT molecular complexity index is 578. The van der Waals surface area contributed by atoms with Crippen LogP contribution in [-0.4, -0.2) is 5.78 Å². The summed E-state index contributed by atoms with van der Waals surface area (Å²) in [5.74, 6) is -0.635. The molecule has 0 N–H and O–H groups in total. The zero-order valence-corrected chi connectivity index (χ0v) is 9.96. The van der Waals surface area contributed by atoms with Gasteiger partial charge in [-0.15, -0.1) is 0 Å². The molecule has 0 aliphatic carbocycles. The van der Waals surface area contributed by atoms with Crippen molar-refractivity contribution in [1.29, 1.82) is 0 Å². The van der Waals surface area contributed by atoms with Crippen LogP contribution in [0.15, 0.2) is 42.5 Å². The first-order chi connectivity index (χ1) is 8.09. The van der Waals surface area contributed by atoms with Crippen molar-refractivity contribution < 1.29 is 9.18 Å². The molecule has 2 aromatic carbocycles. The van der Waals surface area contributed by atoms with E-state index in [1.165, 1.54) is 12.1 Å². The number of halogens is 2. The van der Waals surface area contributed by atoms with Gasteiger partial charge in [0.25, 0.3) is 0 Å². The Balaban J connectivity index is 2.48. The van der Waals surface area contributed by atoms with Gasteiger partial charge in [0.15, 0.2) is 5.78 Å². The lowest BCUT2D eigenvalue weighted by molar-refractivity contribution is 0.103. The summed E-state index contributed by atoms with van der Waals surface area (Å²) in [5, 5.41) is 0.137. The van der Waals surface area contributed by atoms with Crippen molar-refractivity contribution >= 4 is 17.4 Å². The van der Waals surface area contributed by atoms with Crippen molar-refractivity contribution in [2.75, 3.05) is 0 Å². The van der Waals surface area contributed by atoms with E-state index in [-0.39, 0.29) is 10.8 Å². The van der Waals surface area contributed by atoms with Gasteiger partial charge in [-0.2, -0.15) is 0 Å². The van der Waals surface area contributed by atoms with Crippen molar-refractivity contribution in [3.8, 4) is 0 Å². The molecule has 0 spiro atoms. The van der Waals surface area contributed by atoms with Gasteiger partial charge in [0.2, 0.25) is 0 Å². The highest BCUT2D eigenvalue weighted by molar-refractivity contribution is 6.35. The van der Waals surface area contributed by atoms with Gasteiger partial charge in [0, 0.05) is 11.1 Å². The van der Waals surface area contributed by atoms with Crippen molar-refractivity contribution in [3.63, 3.8) is 0 Å². The largest absolute Gasteiger partial charge is 0.289 e. The van der Waals surface area contributed by atoms with Gasteiger partial charge < -0.3 is 0 Å². The van der Waals surface area contributed by atoms with Crippen LogP contribution in [0.4, 0.5) is 4.39 Å². The Labute approximate surface area is 104 Å². The van der Waals surface area contributed by atoms with E-state index in [1.807, 2.05) is 19.1 Å². The average Bonchev–Trinajstić information content (AvgIpc) is 2.29. The van der Waals surface area contributed by atoms with Crippen LogP contribution in [0.2, 0.25) is 5.02 Å². The Morgan fingerprint density at radius 1 is 1.12 bits per heavy atom. The number of hydrogen-bond donors (Lipinski definition) is 0. The first-order valence-corrected chi connectivity index (χ1v) is 5.53. The smallest absolute Gasteiger partial charge is 0.194 e. The summed E-state index contributed by atoms with van der Waals surface area (Å²) < 4.78 is 12.9. The van der Waals surface area contributed by atoms with E-state index in [4.69, 9.17) is 11.6 Å². The van der Waals surface area contributed by atoms with E-state index in [2.05, 4.69) is 0 Å². The molecule has 0 aliphatic heterocycles. The molecule has 0 radical (unpaired) electrons. The van der Waals surface area contributed by atoms with Gasteiger partial charge in [-0.3, -0.25) is 4.79 Å². The van der Waals surface area contributed by atoms with Crippen molar-refractivity contribution in [2.45, 2.75) is 6.92 Å². The molecule has 0 saturated heterocycles. The molecule has 2 rings (SSSR count). The van der Waals surface area contributed by atoms with Gasteiger partial charge in [-0.05, 0) is 30.7 Å². The fraction of sp³-hybridized carbons (Fsp3) is 0.0714. The molecular weight excluding hydrogens is 239 g/mol. The second-order valence-corrected chi connectivity index (χ2v) is 4.18. The maximum absolute atomic E-state index is 12.9. The lowest BCUT2D eigenvalue weighted by Crippen LogP contribution is -2.04. The molecule has 0 saturated carbocycles. The van der Waals surface area contributed by atoms with Crippen LogP contribution >= 0.6 is 11.6 Å². The van der Waals surface area contributed by atoms with E-state index in [9.17, 15) is 9.18 Å². The summed E-state index contributed by atoms with van der Waals surface area (Å²) >= 11 is 5.87. The summed E-state index contributed by atoms with van der Waals surface area (Å²) in [7, 11) is 0. The molecule has 0 aliphatic rings. The Morgan fingerprint density at radius 2 is 1.82 bits per heavy atom. The summed E-state index contributed by atoms with van der Waals surface area (Å²) in [5.41, 5.74) is 1.78. The third-order valence-corrected chi connectivity index (χ3v) is 2.88. The van der Waals surface area contributed by atoms with E-state index < -0.39 is 5.82 Å². The molecule has 0 atom stereocenters. The van der Waals surface area contributed by atoms with Gasteiger partial charge >= 0.3 is 0 Å². The average molecular weight is 249 g/mol. The lowest BCUT2D eigenvalue weighted by Gasteiger charge is -2.06. The molecule has 17 heavy (non-hydrogen) atoms. The molecular formula is C14H10ClFO. The number of hydrogen-bond acceptors (Lipinski definition) is 1. The van der Waals surface area contributed by atoms with E-state index in [0.29, 0.717) is 11.1 Å². The second-order valence-electron chi connectivity index (χ2n) is 3.77. The topological polar surface area (TPSA) is 17.1 Å². The highest BCUT2D eigenvalue weighted by Gasteiger charge is 2.14. The summed E-state index contributed by atoms with van der Waals surface area (Å²) in [6.45, 7) is 1.85. The Morgan fingerprint density at radius 3 is 2.47 bits per heavy atom. The molecule has 1 nitrogen and oxygen atoms in total. The van der Waals surface area contributed by atoms with Gasteiger partial charge in [-0.1, -0.05) is 35.9 Å². The zero-order valence-electron chi connectivity index (χ0n) is 9.21. The molecule has 0 heterocycles. The van der Waals surface area contributed by atoms with E-state index in [0.717, 1.165) is 11.6 Å². The van der Waals surface area contributed by atoms with E-state index in [1.54, 1.807) is 12.1 Å². The minimum absolute atomic E-state index is 0.137. The quantitative estimate of drug-likeness (QED) is 0.734. The van der Waals surface area contributed by atoms with E-state index >= 15 is 0 Å². The molecule has 0 bridgehead atoms. The van der Waals surface area contributed by atoms with Gasteiger partial charge in [0.05, 0.1) is 5.02 Å². The number of carbonyl (C=O) groups excluding carboxylic acids is 1. The normalized spacial score (nSPS) is 10.3. The molecule has 0 aromatic heterocycles. The van der Waals surface area contributed by atoms with Crippen LogP contribution < -0.4 is 0 Å². The fourth-order valence-electron chi connectivity index (χ4n) is 1.65. The first-order valence-electron chi connectivity index (χ1n) is 5.15. The fourth-order valence-corrected chi connectivity index (χ4v) is 1.90. The molecule has 86 valence electrons. The van der Waals surface area contributed by atoms with Gasteiger partial charge in [-0.25, -0.2) is 4.39 Å². The molecule has 0 fully saturated rings. The third-order valence-electron chi connectivity index (χ3n) is 2.57. The number of carbonyl (C=O) groups is 1. The standard InChI is InChI=1S/C14H10ClFO/c1-9-4-2-3-5-11(9)14(17)12-7-6-10(16)8-13(12)15/h2-8H,1H3. The summed E-state index contributed by atoms with van der Waals surface area (Å²) in [6, 6.07) is 11.0. The van der Waals surface area contributed by atoms with Crippen molar-refractivity contribution in [3.05, 3.63) is 70.0 Å². The minimum Gasteiger partial charge on any atom is -0.289 e. The molecule has 0 unspecified atom stereocenters. The molecule has 0 amide bonds. The number of benzene rings is 2. The molecule has 3 heteroatoms. The van der Waals surface area contributed by atoms with Gasteiger partial charge in [0.1, 0.15) is 5.82 Å². The Kier molecular flexibility index (Phi) is 3.25. The maximum atomic E-state index is 12.9. The maximum Gasteiger partial charge on any atom is 0.194 e. The second kappa shape index (κ2) is 4.68. The summed E-state index contributed by atoms with van der Waals surface area (Å²) in [6.07, 6.45) is 0. The van der Waals surface area contributed by atoms with Crippen LogP contribution in [0.3, 0.4) is 0 Å². The SMILES string of the molecule is Cc1ccccc1C(=O)c1ccc(F)cc1Cl. The van der Waals surface area contributed by atoms with Crippen LogP contribution in [0, 0.1) is 12.7 Å². The predicted molar refractivity (Wildman–Crippen MR) is 66.0 cm³/mol. The van der Waals surface area contributed by atoms with Crippen molar-refractivity contribution in [2.24, 2.45) is 0 Å². The number of aryl methyl sites for hydroxylation is 1.